The Bertz CT molecular complexity index is 794. The van der Waals surface area contributed by atoms with Crippen molar-refractivity contribution >= 4 is 17.5 Å². The molecule has 0 atom stereocenters. The predicted octanol–water partition coefficient (Wildman–Crippen LogP) is 3.97. The number of anilines is 1. The first-order valence-corrected chi connectivity index (χ1v) is 12.3. The van der Waals surface area contributed by atoms with Crippen LogP contribution in [0.25, 0.3) is 0 Å². The molecule has 1 N–H and O–H groups in total. The molecule has 5 aliphatic rings. The highest BCUT2D eigenvalue weighted by Crippen LogP contribution is 2.61. The number of benzene rings is 1. The quantitative estimate of drug-likeness (QED) is 0.722. The highest BCUT2D eigenvalue weighted by atomic mass is 16.2. The van der Waals surface area contributed by atoms with Gasteiger partial charge in [0, 0.05) is 38.8 Å². The van der Waals surface area contributed by atoms with Gasteiger partial charge in [-0.3, -0.25) is 9.59 Å². The van der Waals surface area contributed by atoms with Crippen molar-refractivity contribution in [3.05, 3.63) is 29.8 Å². The van der Waals surface area contributed by atoms with Crippen LogP contribution >= 0.6 is 0 Å². The lowest BCUT2D eigenvalue weighted by Gasteiger charge is -2.56. The van der Waals surface area contributed by atoms with Crippen LogP contribution in [0, 0.1) is 23.2 Å². The first kappa shape index (κ1) is 20.8. The Balaban J connectivity index is 1.13. The second kappa shape index (κ2) is 8.48. The number of para-hydroxylation sites is 1. The SMILES string of the molecule is CN(Cc1ccccc1N1CCCC1)C(=O)CNC(=O)CC12CC3CC(CC(C3)C1)C2. The van der Waals surface area contributed by atoms with Gasteiger partial charge in [-0.2, -0.15) is 0 Å². The minimum Gasteiger partial charge on any atom is -0.371 e. The summed E-state index contributed by atoms with van der Waals surface area (Å²) in [6.07, 6.45) is 11.0. The summed E-state index contributed by atoms with van der Waals surface area (Å²) in [5, 5.41) is 2.95. The minimum absolute atomic E-state index is 0.0184. The fraction of sp³-hybridized carbons (Fsp3) is 0.692. The van der Waals surface area contributed by atoms with Gasteiger partial charge in [-0.05, 0) is 86.2 Å². The van der Waals surface area contributed by atoms with E-state index in [0.717, 1.165) is 30.8 Å². The van der Waals surface area contributed by atoms with Crippen LogP contribution in [-0.4, -0.2) is 43.4 Å². The Hall–Kier alpha value is -2.04. The molecule has 6 rings (SSSR count). The summed E-state index contributed by atoms with van der Waals surface area (Å²) >= 11 is 0. The van der Waals surface area contributed by atoms with Crippen LogP contribution in [0.2, 0.25) is 0 Å². The van der Waals surface area contributed by atoms with Crippen LogP contribution < -0.4 is 10.2 Å². The van der Waals surface area contributed by atoms with E-state index in [9.17, 15) is 9.59 Å². The van der Waals surface area contributed by atoms with Crippen LogP contribution in [0.15, 0.2) is 24.3 Å². The summed E-state index contributed by atoms with van der Waals surface area (Å²) in [5.74, 6) is 2.60. The molecule has 5 nitrogen and oxygen atoms in total. The molecule has 1 heterocycles. The van der Waals surface area contributed by atoms with Crippen LogP contribution in [0.1, 0.15) is 63.4 Å². The Morgan fingerprint density at radius 1 is 1.03 bits per heavy atom. The van der Waals surface area contributed by atoms with Crippen molar-refractivity contribution in [2.24, 2.45) is 23.2 Å². The highest BCUT2D eigenvalue weighted by Gasteiger charge is 2.51. The van der Waals surface area contributed by atoms with Gasteiger partial charge in [0.05, 0.1) is 6.54 Å². The average Bonchev–Trinajstić information content (AvgIpc) is 3.25. The van der Waals surface area contributed by atoms with Crippen LogP contribution in [0.3, 0.4) is 0 Å². The molecule has 1 saturated heterocycles. The fourth-order valence-corrected chi connectivity index (χ4v) is 7.47. The molecule has 2 amide bonds. The number of nitrogens with zero attached hydrogens (tertiary/aromatic N) is 2. The smallest absolute Gasteiger partial charge is 0.242 e. The fourth-order valence-electron chi connectivity index (χ4n) is 7.47. The summed E-state index contributed by atoms with van der Waals surface area (Å²) in [7, 11) is 1.84. The number of carbonyl (C=O) groups excluding carboxylic acids is 2. The number of rotatable bonds is 7. The second-order valence-corrected chi connectivity index (χ2v) is 10.9. The number of nitrogens with one attached hydrogen (secondary N) is 1. The first-order chi connectivity index (χ1) is 15.0. The Morgan fingerprint density at radius 3 is 2.29 bits per heavy atom. The summed E-state index contributed by atoms with van der Waals surface area (Å²) < 4.78 is 0. The lowest BCUT2D eigenvalue weighted by molar-refractivity contribution is -0.135. The third kappa shape index (κ3) is 4.47. The van der Waals surface area contributed by atoms with E-state index in [1.165, 1.54) is 62.6 Å². The molecule has 1 aromatic carbocycles. The zero-order valence-corrected chi connectivity index (χ0v) is 18.9. The van der Waals surface area contributed by atoms with Gasteiger partial charge < -0.3 is 15.1 Å². The first-order valence-electron chi connectivity index (χ1n) is 12.3. The summed E-state index contributed by atoms with van der Waals surface area (Å²) in [6, 6.07) is 8.39. The van der Waals surface area contributed by atoms with E-state index in [1.807, 2.05) is 13.1 Å². The van der Waals surface area contributed by atoms with Gasteiger partial charge in [-0.25, -0.2) is 0 Å². The molecule has 4 bridgehead atoms. The van der Waals surface area contributed by atoms with Gasteiger partial charge in [0.1, 0.15) is 0 Å². The van der Waals surface area contributed by atoms with E-state index in [4.69, 9.17) is 0 Å². The topological polar surface area (TPSA) is 52.6 Å². The standard InChI is InChI=1S/C26H37N3O2/c1-28(18-22-6-2-3-7-23(22)29-8-4-5-9-29)25(31)17-27-24(30)16-26-13-19-10-20(14-26)12-21(11-19)15-26/h2-3,6-7,19-21H,4-5,8-18H2,1H3,(H,27,30). The Morgan fingerprint density at radius 2 is 1.65 bits per heavy atom. The number of hydrogen-bond donors (Lipinski definition) is 1. The van der Waals surface area contributed by atoms with Gasteiger partial charge >= 0.3 is 0 Å². The molecule has 4 saturated carbocycles. The third-order valence-electron chi connectivity index (χ3n) is 8.41. The number of likely N-dealkylation sites (N-methyl/N-ethyl adjacent to an activating group) is 1. The maximum Gasteiger partial charge on any atom is 0.242 e. The summed E-state index contributed by atoms with van der Waals surface area (Å²) in [6.45, 7) is 2.87. The van der Waals surface area contributed by atoms with Crippen LogP contribution in [-0.2, 0) is 16.1 Å². The molecule has 4 aliphatic carbocycles. The Kier molecular flexibility index (Phi) is 5.70. The predicted molar refractivity (Wildman–Crippen MR) is 123 cm³/mol. The van der Waals surface area contributed by atoms with Gasteiger partial charge in [0.25, 0.3) is 0 Å². The van der Waals surface area contributed by atoms with E-state index in [2.05, 4.69) is 28.4 Å². The van der Waals surface area contributed by atoms with E-state index in [0.29, 0.717) is 13.0 Å². The summed E-state index contributed by atoms with van der Waals surface area (Å²) in [4.78, 5) is 29.7. The van der Waals surface area contributed by atoms with Crippen molar-refractivity contribution < 1.29 is 9.59 Å². The number of hydrogen-bond acceptors (Lipinski definition) is 3. The molecular formula is C26H37N3O2. The lowest BCUT2D eigenvalue weighted by Crippen LogP contribution is -2.48. The van der Waals surface area contributed by atoms with Gasteiger partial charge in [-0.1, -0.05) is 18.2 Å². The van der Waals surface area contributed by atoms with Crippen molar-refractivity contribution in [2.45, 2.75) is 64.3 Å². The highest BCUT2D eigenvalue weighted by molar-refractivity contribution is 5.85. The zero-order valence-electron chi connectivity index (χ0n) is 18.9. The van der Waals surface area contributed by atoms with Crippen LogP contribution in [0.5, 0.6) is 0 Å². The molecule has 5 heteroatoms. The number of carbonyl (C=O) groups is 2. The van der Waals surface area contributed by atoms with E-state index in [-0.39, 0.29) is 23.8 Å². The van der Waals surface area contributed by atoms with Gasteiger partial charge in [-0.15, -0.1) is 0 Å². The molecule has 0 aromatic heterocycles. The van der Waals surface area contributed by atoms with Crippen molar-refractivity contribution in [2.75, 3.05) is 31.6 Å². The minimum atomic E-state index is -0.0184. The van der Waals surface area contributed by atoms with Gasteiger partial charge in [0.15, 0.2) is 0 Å². The van der Waals surface area contributed by atoms with Gasteiger partial charge in [0.2, 0.25) is 11.8 Å². The van der Waals surface area contributed by atoms with E-state index < -0.39 is 0 Å². The molecule has 31 heavy (non-hydrogen) atoms. The van der Waals surface area contributed by atoms with Crippen molar-refractivity contribution in [3.63, 3.8) is 0 Å². The summed E-state index contributed by atoms with van der Waals surface area (Å²) in [5.41, 5.74) is 2.65. The van der Waals surface area contributed by atoms with Crippen molar-refractivity contribution in [1.82, 2.24) is 10.2 Å². The average molecular weight is 424 g/mol. The molecule has 5 fully saturated rings. The van der Waals surface area contributed by atoms with E-state index in [1.54, 1.807) is 4.90 Å². The van der Waals surface area contributed by atoms with Crippen molar-refractivity contribution in [1.29, 1.82) is 0 Å². The molecular weight excluding hydrogens is 386 g/mol. The monoisotopic (exact) mass is 423 g/mol. The number of amides is 2. The second-order valence-electron chi connectivity index (χ2n) is 10.9. The molecule has 168 valence electrons. The van der Waals surface area contributed by atoms with E-state index >= 15 is 0 Å². The third-order valence-corrected chi connectivity index (χ3v) is 8.41. The maximum atomic E-state index is 12.8. The normalized spacial score (nSPS) is 31.1. The van der Waals surface area contributed by atoms with Crippen molar-refractivity contribution in [3.8, 4) is 0 Å². The maximum absolute atomic E-state index is 12.8. The zero-order chi connectivity index (χ0) is 21.4. The molecule has 0 radical (unpaired) electrons. The lowest BCUT2D eigenvalue weighted by atomic mass is 9.49. The molecule has 0 spiro atoms. The molecule has 0 unspecified atom stereocenters. The molecule has 1 aromatic rings. The largest absolute Gasteiger partial charge is 0.371 e. The molecule has 1 aliphatic heterocycles. The Labute approximate surface area is 186 Å². The van der Waals surface area contributed by atoms with Crippen LogP contribution in [0.4, 0.5) is 5.69 Å².